The zero-order chi connectivity index (χ0) is 20.5. The third kappa shape index (κ3) is 5.77. The number of hydrogen-bond donors (Lipinski definition) is 3. The minimum Gasteiger partial charge on any atom is -0.393 e. The Hall–Kier alpha value is -2.97. The fourth-order valence-electron chi connectivity index (χ4n) is 2.55. The Morgan fingerprint density at radius 2 is 1.89 bits per heavy atom. The van der Waals surface area contributed by atoms with Crippen LogP contribution in [0.1, 0.15) is 36.0 Å². The molecule has 0 atom stereocenters. The standard InChI is InChI=1S/C19H25F2N5O2/c1-23-26(15-8-4-13(5-9-15)18(27)24-12-11-21)16(3-2-10-20)17(22)19(28)25-14-6-7-14/h4-5,8-9,14H,1-3,6-7,10-12,22H2,(H,24,27)(H,25,28)/b17-16-. The van der Waals surface area contributed by atoms with Gasteiger partial charge in [0.2, 0.25) is 0 Å². The molecule has 1 aliphatic carbocycles. The number of alkyl halides is 2. The van der Waals surface area contributed by atoms with Crippen molar-refractivity contribution in [1.29, 1.82) is 0 Å². The van der Waals surface area contributed by atoms with E-state index in [0.717, 1.165) is 12.8 Å². The molecule has 9 heteroatoms. The van der Waals surface area contributed by atoms with E-state index in [0.29, 0.717) is 16.9 Å². The lowest BCUT2D eigenvalue weighted by Crippen LogP contribution is -2.34. The molecule has 0 aromatic heterocycles. The number of nitrogens with one attached hydrogen (secondary N) is 2. The molecule has 7 nitrogen and oxygen atoms in total. The molecule has 1 aromatic rings. The lowest BCUT2D eigenvalue weighted by molar-refractivity contribution is -0.117. The number of carbonyl (C=O) groups is 2. The third-order valence-electron chi connectivity index (χ3n) is 4.17. The highest BCUT2D eigenvalue weighted by Gasteiger charge is 2.26. The zero-order valence-corrected chi connectivity index (χ0v) is 15.6. The first-order chi connectivity index (χ1) is 13.5. The largest absolute Gasteiger partial charge is 0.393 e. The lowest BCUT2D eigenvalue weighted by Gasteiger charge is -2.24. The second kappa shape index (κ2) is 10.4. The van der Waals surface area contributed by atoms with Crippen molar-refractivity contribution in [2.75, 3.05) is 24.9 Å². The second-order valence-corrected chi connectivity index (χ2v) is 6.35. The summed E-state index contributed by atoms with van der Waals surface area (Å²) in [5, 5.41) is 10.5. The zero-order valence-electron chi connectivity index (χ0n) is 15.6. The van der Waals surface area contributed by atoms with E-state index in [4.69, 9.17) is 5.73 Å². The van der Waals surface area contributed by atoms with Crippen LogP contribution in [0, 0.1) is 0 Å². The molecule has 1 aliphatic rings. The van der Waals surface area contributed by atoms with E-state index in [2.05, 4.69) is 22.5 Å². The molecule has 0 heterocycles. The molecule has 2 rings (SSSR count). The van der Waals surface area contributed by atoms with Crippen LogP contribution in [-0.2, 0) is 4.79 Å². The first kappa shape index (κ1) is 21.3. The Balaban J connectivity index is 2.25. The number of carbonyl (C=O) groups excluding carboxylic acids is 2. The molecule has 0 bridgehead atoms. The van der Waals surface area contributed by atoms with Crippen molar-refractivity contribution >= 4 is 24.2 Å². The van der Waals surface area contributed by atoms with Gasteiger partial charge in [0.1, 0.15) is 12.4 Å². The van der Waals surface area contributed by atoms with E-state index < -0.39 is 25.2 Å². The summed E-state index contributed by atoms with van der Waals surface area (Å²) in [5.41, 5.74) is 7.18. The molecule has 0 radical (unpaired) electrons. The van der Waals surface area contributed by atoms with Gasteiger partial charge in [-0.05, 0) is 49.9 Å². The summed E-state index contributed by atoms with van der Waals surface area (Å²) >= 11 is 0. The number of rotatable bonds is 11. The van der Waals surface area contributed by atoms with E-state index in [1.54, 1.807) is 12.1 Å². The molecule has 0 aliphatic heterocycles. The van der Waals surface area contributed by atoms with Crippen LogP contribution in [0.15, 0.2) is 40.8 Å². The van der Waals surface area contributed by atoms with E-state index >= 15 is 0 Å². The minimum atomic E-state index is -0.650. The summed E-state index contributed by atoms with van der Waals surface area (Å²) in [6.07, 6.45) is 2.18. The number of anilines is 1. The van der Waals surface area contributed by atoms with Crippen LogP contribution in [0.2, 0.25) is 0 Å². The van der Waals surface area contributed by atoms with Gasteiger partial charge in [-0.2, -0.15) is 5.10 Å². The normalized spacial score (nSPS) is 14.1. The Kier molecular flexibility index (Phi) is 7.91. The van der Waals surface area contributed by atoms with Gasteiger partial charge in [-0.15, -0.1) is 0 Å². The average molecular weight is 393 g/mol. The molecule has 152 valence electrons. The number of halogens is 2. The van der Waals surface area contributed by atoms with E-state index in [9.17, 15) is 18.4 Å². The highest BCUT2D eigenvalue weighted by atomic mass is 19.1. The van der Waals surface area contributed by atoms with Crippen LogP contribution in [0.25, 0.3) is 0 Å². The summed E-state index contributed by atoms with van der Waals surface area (Å²) < 4.78 is 24.9. The van der Waals surface area contributed by atoms with Crippen LogP contribution in [0.4, 0.5) is 14.5 Å². The molecular formula is C19H25F2N5O2. The summed E-state index contributed by atoms with van der Waals surface area (Å²) in [6.45, 7) is 2.23. The molecule has 2 amide bonds. The molecular weight excluding hydrogens is 368 g/mol. The van der Waals surface area contributed by atoms with Crippen molar-refractivity contribution in [3.63, 3.8) is 0 Å². The van der Waals surface area contributed by atoms with Crippen molar-refractivity contribution in [3.05, 3.63) is 41.2 Å². The lowest BCUT2D eigenvalue weighted by atomic mass is 10.1. The summed E-state index contributed by atoms with van der Waals surface area (Å²) in [4.78, 5) is 24.2. The monoisotopic (exact) mass is 393 g/mol. The maximum atomic E-state index is 12.8. The number of amides is 2. The van der Waals surface area contributed by atoms with E-state index in [-0.39, 0.29) is 31.1 Å². The first-order valence-corrected chi connectivity index (χ1v) is 9.08. The summed E-state index contributed by atoms with van der Waals surface area (Å²) in [7, 11) is 0. The van der Waals surface area contributed by atoms with Crippen molar-refractivity contribution in [2.45, 2.75) is 31.7 Å². The second-order valence-electron chi connectivity index (χ2n) is 6.35. The third-order valence-corrected chi connectivity index (χ3v) is 4.17. The molecule has 1 saturated carbocycles. The van der Waals surface area contributed by atoms with Crippen molar-refractivity contribution in [2.24, 2.45) is 10.8 Å². The Morgan fingerprint density at radius 1 is 1.21 bits per heavy atom. The van der Waals surface area contributed by atoms with Crippen molar-refractivity contribution in [1.82, 2.24) is 10.6 Å². The van der Waals surface area contributed by atoms with Crippen LogP contribution in [-0.4, -0.2) is 44.5 Å². The van der Waals surface area contributed by atoms with Gasteiger partial charge in [0, 0.05) is 24.9 Å². The van der Waals surface area contributed by atoms with Crippen LogP contribution in [0.3, 0.4) is 0 Å². The fourth-order valence-corrected chi connectivity index (χ4v) is 2.55. The van der Waals surface area contributed by atoms with Crippen LogP contribution < -0.4 is 21.4 Å². The smallest absolute Gasteiger partial charge is 0.269 e. The van der Waals surface area contributed by atoms with Gasteiger partial charge in [-0.3, -0.25) is 14.0 Å². The van der Waals surface area contributed by atoms with Crippen molar-refractivity contribution in [3.8, 4) is 0 Å². The van der Waals surface area contributed by atoms with Gasteiger partial charge >= 0.3 is 0 Å². The number of nitrogens with zero attached hydrogens (tertiary/aromatic N) is 2. The van der Waals surface area contributed by atoms with Gasteiger partial charge in [0.15, 0.2) is 0 Å². The maximum absolute atomic E-state index is 12.8. The Labute approximate surface area is 162 Å². The quantitative estimate of drug-likeness (QED) is 0.304. The van der Waals surface area contributed by atoms with Gasteiger partial charge < -0.3 is 16.4 Å². The summed E-state index contributed by atoms with van der Waals surface area (Å²) in [5.74, 6) is -0.828. The number of benzene rings is 1. The number of hydrogen-bond acceptors (Lipinski definition) is 5. The molecule has 4 N–H and O–H groups in total. The molecule has 0 spiro atoms. The van der Waals surface area contributed by atoms with Crippen LogP contribution >= 0.6 is 0 Å². The Morgan fingerprint density at radius 3 is 2.43 bits per heavy atom. The molecule has 1 fully saturated rings. The first-order valence-electron chi connectivity index (χ1n) is 9.08. The predicted octanol–water partition coefficient (Wildman–Crippen LogP) is 2.01. The highest BCUT2D eigenvalue weighted by Crippen LogP contribution is 2.25. The maximum Gasteiger partial charge on any atom is 0.269 e. The molecule has 0 saturated heterocycles. The topological polar surface area (TPSA) is 99.8 Å². The number of allylic oxidation sites excluding steroid dienone is 1. The van der Waals surface area contributed by atoms with Crippen molar-refractivity contribution < 1.29 is 18.4 Å². The average Bonchev–Trinajstić information content (AvgIpc) is 3.53. The molecule has 1 aromatic carbocycles. The van der Waals surface area contributed by atoms with Gasteiger partial charge in [-0.1, -0.05) is 0 Å². The highest BCUT2D eigenvalue weighted by molar-refractivity contribution is 5.95. The SMILES string of the molecule is C=NN(/C(CCCF)=C(\N)C(=O)NC1CC1)c1ccc(C(=O)NCCF)cc1. The molecule has 0 unspecified atom stereocenters. The fraction of sp³-hybridized carbons (Fsp3) is 0.421. The number of hydrazone groups is 1. The van der Waals surface area contributed by atoms with Gasteiger partial charge in [0.05, 0.1) is 18.1 Å². The Bertz CT molecular complexity index is 732. The molecule has 28 heavy (non-hydrogen) atoms. The predicted molar refractivity (Wildman–Crippen MR) is 104 cm³/mol. The summed E-state index contributed by atoms with van der Waals surface area (Å²) in [6, 6.07) is 6.39. The van der Waals surface area contributed by atoms with E-state index in [1.165, 1.54) is 17.1 Å². The van der Waals surface area contributed by atoms with Gasteiger partial charge in [0.25, 0.3) is 11.8 Å². The van der Waals surface area contributed by atoms with E-state index in [1.807, 2.05) is 0 Å². The number of nitrogens with two attached hydrogens (primary N) is 1. The van der Waals surface area contributed by atoms with Gasteiger partial charge in [-0.25, -0.2) is 9.40 Å². The van der Waals surface area contributed by atoms with Crippen LogP contribution in [0.5, 0.6) is 0 Å². The minimum absolute atomic E-state index is 0.0440.